The Balaban J connectivity index is 2.07. The maximum absolute atomic E-state index is 12.0. The molecular formula is C17H26F2O. The van der Waals surface area contributed by atoms with Crippen molar-refractivity contribution in [2.24, 2.45) is 0 Å². The van der Waals surface area contributed by atoms with Crippen LogP contribution >= 0.6 is 0 Å². The molecule has 0 amide bonds. The second-order valence-electron chi connectivity index (χ2n) is 5.25. The van der Waals surface area contributed by atoms with Crippen LogP contribution in [-0.2, 0) is 6.42 Å². The van der Waals surface area contributed by atoms with Crippen molar-refractivity contribution in [3.8, 4) is 5.75 Å². The number of hydrogen-bond donors (Lipinski definition) is 0. The van der Waals surface area contributed by atoms with Crippen molar-refractivity contribution in [1.82, 2.24) is 0 Å². The summed E-state index contributed by atoms with van der Waals surface area (Å²) in [6.45, 7) is -0.508. The highest BCUT2D eigenvalue weighted by Crippen LogP contribution is 2.17. The van der Waals surface area contributed by atoms with Crippen molar-refractivity contribution in [3.05, 3.63) is 29.8 Å². The van der Waals surface area contributed by atoms with Gasteiger partial charge in [0.15, 0.2) is 0 Å². The Kier molecular flexibility index (Phi) is 9.01. The van der Waals surface area contributed by atoms with Gasteiger partial charge in [-0.2, -0.15) is 8.78 Å². The minimum atomic E-state index is -2.74. The van der Waals surface area contributed by atoms with E-state index in [0.717, 1.165) is 6.42 Å². The zero-order valence-corrected chi connectivity index (χ0v) is 12.4. The van der Waals surface area contributed by atoms with Gasteiger partial charge in [-0.15, -0.1) is 0 Å². The third-order valence-electron chi connectivity index (χ3n) is 3.47. The van der Waals surface area contributed by atoms with Crippen molar-refractivity contribution in [3.63, 3.8) is 0 Å². The molecule has 0 aliphatic carbocycles. The Morgan fingerprint density at radius 1 is 0.850 bits per heavy atom. The molecule has 3 heteroatoms. The topological polar surface area (TPSA) is 9.23 Å². The predicted molar refractivity (Wildman–Crippen MR) is 79.4 cm³/mol. The van der Waals surface area contributed by atoms with Crippen molar-refractivity contribution in [1.29, 1.82) is 0 Å². The van der Waals surface area contributed by atoms with Gasteiger partial charge < -0.3 is 4.74 Å². The van der Waals surface area contributed by atoms with Crippen molar-refractivity contribution < 1.29 is 13.5 Å². The molecule has 0 atom stereocenters. The summed E-state index contributed by atoms with van der Waals surface area (Å²) in [4.78, 5) is 0. The molecule has 0 aromatic heterocycles. The van der Waals surface area contributed by atoms with Gasteiger partial charge in [0, 0.05) is 0 Å². The maximum Gasteiger partial charge on any atom is 0.387 e. The number of unbranched alkanes of at least 4 members (excludes halogenated alkanes) is 7. The molecule has 1 aromatic rings. The molecule has 1 nitrogen and oxygen atoms in total. The average Bonchev–Trinajstić information content (AvgIpc) is 2.43. The molecule has 0 saturated heterocycles. The Bertz CT molecular complexity index is 335. The molecule has 0 N–H and O–H groups in total. The first-order chi connectivity index (χ1) is 9.72. The number of benzene rings is 1. The molecule has 0 aliphatic rings. The zero-order chi connectivity index (χ0) is 14.6. The summed E-state index contributed by atoms with van der Waals surface area (Å²) in [5, 5.41) is 0. The van der Waals surface area contributed by atoms with Crippen LogP contribution in [0.5, 0.6) is 5.75 Å². The fourth-order valence-electron chi connectivity index (χ4n) is 2.30. The van der Waals surface area contributed by atoms with Gasteiger partial charge in [0.2, 0.25) is 0 Å². The fourth-order valence-corrected chi connectivity index (χ4v) is 2.30. The summed E-state index contributed by atoms with van der Waals surface area (Å²) in [5.74, 6) is 0.236. The third-order valence-corrected chi connectivity index (χ3v) is 3.47. The SMILES string of the molecule is CCCCCCCCCCc1ccc(OC(F)F)cc1. The second kappa shape index (κ2) is 10.6. The molecule has 0 fully saturated rings. The van der Waals surface area contributed by atoms with Gasteiger partial charge in [-0.3, -0.25) is 0 Å². The van der Waals surface area contributed by atoms with E-state index in [9.17, 15) is 8.78 Å². The predicted octanol–water partition coefficient (Wildman–Crippen LogP) is 5.97. The number of halogens is 2. The van der Waals surface area contributed by atoms with E-state index in [1.165, 1.54) is 56.9 Å². The highest BCUT2D eigenvalue weighted by molar-refractivity contribution is 5.27. The zero-order valence-electron chi connectivity index (χ0n) is 12.4. The molecule has 0 bridgehead atoms. The summed E-state index contributed by atoms with van der Waals surface area (Å²) in [6.07, 6.45) is 11.4. The van der Waals surface area contributed by atoms with E-state index in [1.807, 2.05) is 12.1 Å². The van der Waals surface area contributed by atoms with Gasteiger partial charge in [0.05, 0.1) is 0 Å². The van der Waals surface area contributed by atoms with Crippen LogP contribution in [0.2, 0.25) is 0 Å². The minimum absolute atomic E-state index is 0.236. The Labute approximate surface area is 121 Å². The molecule has 114 valence electrons. The van der Waals surface area contributed by atoms with Gasteiger partial charge in [0.1, 0.15) is 5.75 Å². The molecule has 0 heterocycles. The Hall–Kier alpha value is -1.12. The monoisotopic (exact) mass is 284 g/mol. The number of ether oxygens (including phenoxy) is 1. The summed E-state index contributed by atoms with van der Waals surface area (Å²) < 4.78 is 28.3. The molecule has 0 spiro atoms. The van der Waals surface area contributed by atoms with Crippen LogP contribution in [0.1, 0.15) is 63.9 Å². The fraction of sp³-hybridized carbons (Fsp3) is 0.647. The minimum Gasteiger partial charge on any atom is -0.435 e. The summed E-state index contributed by atoms with van der Waals surface area (Å²) in [6, 6.07) is 6.98. The molecule has 0 radical (unpaired) electrons. The van der Waals surface area contributed by atoms with E-state index >= 15 is 0 Å². The van der Waals surface area contributed by atoms with Crippen LogP contribution in [0.15, 0.2) is 24.3 Å². The van der Waals surface area contributed by atoms with E-state index in [1.54, 1.807) is 12.1 Å². The molecule has 0 unspecified atom stereocenters. The van der Waals surface area contributed by atoms with E-state index in [-0.39, 0.29) is 5.75 Å². The number of alkyl halides is 2. The highest BCUT2D eigenvalue weighted by Gasteiger charge is 2.03. The standard InChI is InChI=1S/C17H26F2O/c1-2-3-4-5-6-7-8-9-10-15-11-13-16(14-12-15)20-17(18)19/h11-14,17H,2-10H2,1H3. The molecule has 0 aliphatic heterocycles. The lowest BCUT2D eigenvalue weighted by atomic mass is 10.0. The second-order valence-corrected chi connectivity index (χ2v) is 5.25. The molecule has 1 rings (SSSR count). The van der Waals surface area contributed by atoms with Crippen LogP contribution in [-0.4, -0.2) is 6.61 Å². The van der Waals surface area contributed by atoms with Crippen molar-refractivity contribution >= 4 is 0 Å². The number of rotatable bonds is 11. The van der Waals surface area contributed by atoms with E-state index in [0.29, 0.717) is 0 Å². The van der Waals surface area contributed by atoms with Crippen LogP contribution in [0.4, 0.5) is 8.78 Å². The van der Waals surface area contributed by atoms with Crippen LogP contribution < -0.4 is 4.74 Å². The van der Waals surface area contributed by atoms with Crippen LogP contribution in [0.25, 0.3) is 0 Å². The lowest BCUT2D eigenvalue weighted by molar-refractivity contribution is -0.0498. The molecule has 0 saturated carbocycles. The number of aryl methyl sites for hydroxylation is 1. The van der Waals surface area contributed by atoms with Gasteiger partial charge in [-0.05, 0) is 30.5 Å². The lowest BCUT2D eigenvalue weighted by Crippen LogP contribution is -2.01. The lowest BCUT2D eigenvalue weighted by Gasteiger charge is -2.06. The van der Waals surface area contributed by atoms with E-state index < -0.39 is 6.61 Å². The quantitative estimate of drug-likeness (QED) is 0.455. The first-order valence-electron chi connectivity index (χ1n) is 7.76. The van der Waals surface area contributed by atoms with Gasteiger partial charge in [0.25, 0.3) is 0 Å². The molecule has 1 aromatic carbocycles. The normalized spacial score (nSPS) is 11.0. The average molecular weight is 284 g/mol. The number of hydrogen-bond acceptors (Lipinski definition) is 1. The van der Waals surface area contributed by atoms with Gasteiger partial charge >= 0.3 is 6.61 Å². The molecular weight excluding hydrogens is 258 g/mol. The van der Waals surface area contributed by atoms with Crippen LogP contribution in [0, 0.1) is 0 Å². The Morgan fingerprint density at radius 3 is 1.95 bits per heavy atom. The van der Waals surface area contributed by atoms with Crippen molar-refractivity contribution in [2.45, 2.75) is 71.3 Å². The van der Waals surface area contributed by atoms with Gasteiger partial charge in [-0.25, -0.2) is 0 Å². The summed E-state index contributed by atoms with van der Waals surface area (Å²) in [7, 11) is 0. The van der Waals surface area contributed by atoms with Crippen LogP contribution in [0.3, 0.4) is 0 Å². The smallest absolute Gasteiger partial charge is 0.387 e. The third kappa shape index (κ3) is 8.13. The van der Waals surface area contributed by atoms with Gasteiger partial charge in [-0.1, -0.05) is 64.0 Å². The largest absolute Gasteiger partial charge is 0.435 e. The van der Waals surface area contributed by atoms with Crippen molar-refractivity contribution in [2.75, 3.05) is 0 Å². The highest BCUT2D eigenvalue weighted by atomic mass is 19.3. The summed E-state index contributed by atoms with van der Waals surface area (Å²) >= 11 is 0. The summed E-state index contributed by atoms with van der Waals surface area (Å²) in [5.41, 5.74) is 1.19. The maximum atomic E-state index is 12.0. The first-order valence-corrected chi connectivity index (χ1v) is 7.76. The van der Waals surface area contributed by atoms with E-state index in [2.05, 4.69) is 11.7 Å². The van der Waals surface area contributed by atoms with E-state index in [4.69, 9.17) is 0 Å². The molecule has 20 heavy (non-hydrogen) atoms. The first kappa shape index (κ1) is 16.9. The Morgan fingerprint density at radius 2 is 1.40 bits per heavy atom.